The molecule has 0 saturated carbocycles. The Bertz CT molecular complexity index is 765. The minimum atomic E-state index is 0.0310. The van der Waals surface area contributed by atoms with E-state index in [1.54, 1.807) is 11.8 Å². The molecule has 0 aromatic carbocycles. The molecule has 1 fully saturated rings. The Balaban J connectivity index is 1.84. The average Bonchev–Trinajstić information content (AvgIpc) is 3.01. The molecule has 2 aromatic heterocycles. The van der Waals surface area contributed by atoms with Crippen LogP contribution in [0.1, 0.15) is 66.6 Å². The maximum atomic E-state index is 11.9. The standard InChI is InChI=1S/C21H27N3OS/c1-15(25)23-21-19(17-9-3-4-10-18(17)26-21)20(16-8-7-11-22-14-16)24-12-5-2-6-13-24/h7-8,11,14,20H,2-6,9-10,12-13H2,1H3,(H,23,25)/p+1. The third-order valence-corrected chi connectivity index (χ3v) is 6.94. The number of carbonyl (C=O) groups is 1. The third-order valence-electron chi connectivity index (χ3n) is 5.71. The molecule has 1 aliphatic heterocycles. The second-order valence-corrected chi connectivity index (χ2v) is 8.68. The number of nitrogens with zero attached hydrogens (tertiary/aromatic N) is 1. The van der Waals surface area contributed by atoms with Crippen LogP contribution in [0.2, 0.25) is 0 Å². The number of fused-ring (bicyclic) bond motifs is 1. The van der Waals surface area contributed by atoms with E-state index in [-0.39, 0.29) is 11.9 Å². The summed E-state index contributed by atoms with van der Waals surface area (Å²) in [6.07, 6.45) is 12.6. The van der Waals surface area contributed by atoms with Gasteiger partial charge in [0.2, 0.25) is 5.91 Å². The van der Waals surface area contributed by atoms with Crippen molar-refractivity contribution in [3.05, 3.63) is 46.1 Å². The fourth-order valence-electron chi connectivity index (χ4n) is 4.60. The van der Waals surface area contributed by atoms with Gasteiger partial charge in [-0.15, -0.1) is 11.3 Å². The van der Waals surface area contributed by atoms with Crippen LogP contribution in [-0.4, -0.2) is 24.0 Å². The van der Waals surface area contributed by atoms with E-state index in [1.807, 2.05) is 29.8 Å². The first-order chi connectivity index (χ1) is 12.7. The molecule has 2 N–H and O–H groups in total. The van der Waals surface area contributed by atoms with Gasteiger partial charge in [0.05, 0.1) is 18.7 Å². The predicted molar refractivity (Wildman–Crippen MR) is 106 cm³/mol. The second kappa shape index (κ2) is 7.89. The number of rotatable bonds is 4. The van der Waals surface area contributed by atoms with E-state index in [0.29, 0.717) is 0 Å². The highest BCUT2D eigenvalue weighted by atomic mass is 32.1. The van der Waals surface area contributed by atoms with Crippen molar-refractivity contribution in [3.8, 4) is 0 Å². The van der Waals surface area contributed by atoms with Crippen molar-refractivity contribution in [2.45, 2.75) is 57.9 Å². The summed E-state index contributed by atoms with van der Waals surface area (Å²) < 4.78 is 0. The van der Waals surface area contributed by atoms with Gasteiger partial charge in [0.15, 0.2) is 0 Å². The molecule has 1 unspecified atom stereocenters. The van der Waals surface area contributed by atoms with Crippen LogP contribution in [0.4, 0.5) is 5.00 Å². The highest BCUT2D eigenvalue weighted by molar-refractivity contribution is 7.16. The van der Waals surface area contributed by atoms with Crippen LogP contribution in [0.25, 0.3) is 0 Å². The number of likely N-dealkylation sites (tertiary alicyclic amines) is 1. The highest BCUT2D eigenvalue weighted by Gasteiger charge is 2.35. The van der Waals surface area contributed by atoms with E-state index >= 15 is 0 Å². The number of nitrogens with one attached hydrogen (secondary N) is 2. The number of quaternary nitrogens is 1. The zero-order valence-corrected chi connectivity index (χ0v) is 16.3. The summed E-state index contributed by atoms with van der Waals surface area (Å²) in [5.41, 5.74) is 4.17. The summed E-state index contributed by atoms with van der Waals surface area (Å²) in [6.45, 7) is 4.02. The highest BCUT2D eigenvalue weighted by Crippen LogP contribution is 2.42. The molecular formula is C21H28N3OS+. The van der Waals surface area contributed by atoms with Crippen molar-refractivity contribution in [1.29, 1.82) is 0 Å². The Morgan fingerprint density at radius 1 is 1.19 bits per heavy atom. The first kappa shape index (κ1) is 17.7. The number of thiophene rings is 1. The van der Waals surface area contributed by atoms with E-state index < -0.39 is 0 Å². The fourth-order valence-corrected chi connectivity index (χ4v) is 5.97. The zero-order valence-electron chi connectivity index (χ0n) is 15.5. The monoisotopic (exact) mass is 370 g/mol. The summed E-state index contributed by atoms with van der Waals surface area (Å²) >= 11 is 1.81. The lowest BCUT2D eigenvalue weighted by Crippen LogP contribution is -3.13. The van der Waals surface area contributed by atoms with E-state index in [2.05, 4.69) is 16.4 Å². The van der Waals surface area contributed by atoms with E-state index in [9.17, 15) is 4.79 Å². The number of aromatic nitrogens is 1. The van der Waals surface area contributed by atoms with Gasteiger partial charge in [-0.2, -0.15) is 0 Å². The van der Waals surface area contributed by atoms with Crippen LogP contribution < -0.4 is 10.2 Å². The van der Waals surface area contributed by atoms with Crippen LogP contribution >= 0.6 is 11.3 Å². The van der Waals surface area contributed by atoms with Crippen LogP contribution in [0.15, 0.2) is 24.5 Å². The Morgan fingerprint density at radius 2 is 2.00 bits per heavy atom. The molecule has 2 aromatic rings. The molecule has 0 spiro atoms. The molecule has 4 nitrogen and oxygen atoms in total. The zero-order chi connectivity index (χ0) is 17.9. The third kappa shape index (κ3) is 3.55. The molecule has 3 heterocycles. The number of pyridine rings is 1. The molecule has 138 valence electrons. The lowest BCUT2D eigenvalue weighted by atomic mass is 9.88. The van der Waals surface area contributed by atoms with Crippen LogP contribution in [0.5, 0.6) is 0 Å². The SMILES string of the molecule is CC(=O)Nc1sc2c(c1C(c1cccnc1)[NH+]1CCCCC1)CCCC2. The van der Waals surface area contributed by atoms with Gasteiger partial charge >= 0.3 is 0 Å². The maximum absolute atomic E-state index is 11.9. The molecule has 2 aliphatic rings. The predicted octanol–water partition coefficient (Wildman–Crippen LogP) is 3.14. The minimum Gasteiger partial charge on any atom is -0.325 e. The summed E-state index contributed by atoms with van der Waals surface area (Å²) in [5, 5.41) is 4.25. The first-order valence-corrected chi connectivity index (χ1v) is 10.7. The summed E-state index contributed by atoms with van der Waals surface area (Å²) in [4.78, 5) is 19.4. The van der Waals surface area contributed by atoms with Gasteiger partial charge in [-0.25, -0.2) is 0 Å². The average molecular weight is 371 g/mol. The van der Waals surface area contributed by atoms with Gasteiger partial charge in [-0.3, -0.25) is 9.78 Å². The van der Waals surface area contributed by atoms with E-state index in [0.717, 1.165) is 17.8 Å². The topological polar surface area (TPSA) is 46.4 Å². The smallest absolute Gasteiger partial charge is 0.221 e. The van der Waals surface area contributed by atoms with Gasteiger partial charge in [0.25, 0.3) is 0 Å². The molecule has 1 aliphatic carbocycles. The number of aryl methyl sites for hydroxylation is 1. The Labute approximate surface area is 159 Å². The van der Waals surface area contributed by atoms with Gasteiger partial charge in [0.1, 0.15) is 11.0 Å². The maximum Gasteiger partial charge on any atom is 0.221 e. The quantitative estimate of drug-likeness (QED) is 0.869. The van der Waals surface area contributed by atoms with Crippen molar-refractivity contribution >= 4 is 22.2 Å². The molecule has 1 atom stereocenters. The van der Waals surface area contributed by atoms with Crippen LogP contribution in [-0.2, 0) is 17.6 Å². The molecule has 0 radical (unpaired) electrons. The number of carbonyl (C=O) groups excluding carboxylic acids is 1. The summed E-state index contributed by atoms with van der Waals surface area (Å²) in [6, 6.07) is 4.54. The van der Waals surface area contributed by atoms with Crippen molar-refractivity contribution in [2.75, 3.05) is 18.4 Å². The van der Waals surface area contributed by atoms with Crippen molar-refractivity contribution in [3.63, 3.8) is 0 Å². The Hall–Kier alpha value is -1.72. The molecule has 5 heteroatoms. The first-order valence-electron chi connectivity index (χ1n) is 9.90. The van der Waals surface area contributed by atoms with Crippen molar-refractivity contribution in [2.24, 2.45) is 0 Å². The lowest BCUT2D eigenvalue weighted by molar-refractivity contribution is -0.930. The summed E-state index contributed by atoms with van der Waals surface area (Å²) in [5.74, 6) is 0.0310. The van der Waals surface area contributed by atoms with Crippen LogP contribution in [0.3, 0.4) is 0 Å². The second-order valence-electron chi connectivity index (χ2n) is 7.57. The van der Waals surface area contributed by atoms with E-state index in [4.69, 9.17) is 0 Å². The Kier molecular flexibility index (Phi) is 5.36. The molecular weight excluding hydrogens is 342 g/mol. The van der Waals surface area contributed by atoms with Crippen molar-refractivity contribution in [1.82, 2.24) is 4.98 Å². The molecule has 1 saturated heterocycles. The normalized spacial score (nSPS) is 19.0. The number of anilines is 1. The number of piperidine rings is 1. The summed E-state index contributed by atoms with van der Waals surface area (Å²) in [7, 11) is 0. The Morgan fingerprint density at radius 3 is 2.73 bits per heavy atom. The number of hydrogen-bond donors (Lipinski definition) is 2. The van der Waals surface area contributed by atoms with E-state index in [1.165, 1.54) is 66.8 Å². The largest absolute Gasteiger partial charge is 0.325 e. The molecule has 1 amide bonds. The van der Waals surface area contributed by atoms with Gasteiger partial charge < -0.3 is 10.2 Å². The van der Waals surface area contributed by atoms with Crippen molar-refractivity contribution < 1.29 is 9.69 Å². The molecule has 0 bridgehead atoms. The molecule has 26 heavy (non-hydrogen) atoms. The molecule has 4 rings (SSSR count). The van der Waals surface area contributed by atoms with Gasteiger partial charge in [-0.05, 0) is 62.6 Å². The number of amides is 1. The van der Waals surface area contributed by atoms with Crippen LogP contribution in [0, 0.1) is 0 Å². The minimum absolute atomic E-state index is 0.0310. The number of hydrogen-bond acceptors (Lipinski definition) is 3. The fraction of sp³-hybridized carbons (Fsp3) is 0.524. The van der Waals surface area contributed by atoms with Gasteiger partial charge in [0, 0.05) is 29.8 Å². The lowest BCUT2D eigenvalue weighted by Gasteiger charge is -2.33. The van der Waals surface area contributed by atoms with Gasteiger partial charge in [-0.1, -0.05) is 0 Å².